The molecule has 5 heteroatoms. The van der Waals surface area contributed by atoms with E-state index in [1.165, 1.54) is 0 Å². The summed E-state index contributed by atoms with van der Waals surface area (Å²) in [6.45, 7) is 1.38. The van der Waals surface area contributed by atoms with Crippen LogP contribution in [0.25, 0.3) is 0 Å². The van der Waals surface area contributed by atoms with Crippen molar-refractivity contribution >= 4 is 11.8 Å². The van der Waals surface area contributed by atoms with Crippen LogP contribution >= 0.6 is 11.8 Å². The molecule has 2 aliphatic rings. The Labute approximate surface area is 75.2 Å². The van der Waals surface area contributed by atoms with Crippen LogP contribution < -0.4 is 0 Å². The Bertz CT molecular complexity index is 180. The Morgan fingerprint density at radius 3 is 2.67 bits per heavy atom. The Kier molecular flexibility index (Phi) is 2.31. The van der Waals surface area contributed by atoms with Crippen LogP contribution in [0.2, 0.25) is 0 Å². The molecule has 70 valence electrons. The first-order valence-corrected chi connectivity index (χ1v) is 5.15. The highest BCUT2D eigenvalue weighted by atomic mass is 32.2. The predicted molar refractivity (Wildman–Crippen MR) is 45.8 cm³/mol. The quantitative estimate of drug-likeness (QED) is 0.433. The number of fused-ring (bicyclic) bond motifs is 1. The van der Waals surface area contributed by atoms with E-state index in [1.54, 1.807) is 11.8 Å². The van der Waals surface area contributed by atoms with Crippen molar-refractivity contribution in [1.29, 1.82) is 0 Å². The van der Waals surface area contributed by atoms with Gasteiger partial charge in [0.1, 0.15) is 12.2 Å². The molecule has 2 aliphatic heterocycles. The maximum absolute atomic E-state index is 9.55. The minimum Gasteiger partial charge on any atom is -0.389 e. The molecule has 12 heavy (non-hydrogen) atoms. The number of thioether (sulfide) groups is 1. The molecular formula is C7H13NO3S. The average Bonchev–Trinajstić information content (AvgIpc) is 2.48. The van der Waals surface area contributed by atoms with Crippen molar-refractivity contribution in [1.82, 2.24) is 4.90 Å². The number of hydrogen-bond donors (Lipinski definition) is 3. The summed E-state index contributed by atoms with van der Waals surface area (Å²) in [4.78, 5) is 2.02. The molecule has 0 bridgehead atoms. The topological polar surface area (TPSA) is 63.9 Å². The first kappa shape index (κ1) is 8.77. The minimum absolute atomic E-state index is 0.0107. The molecule has 0 saturated carbocycles. The second-order valence-electron chi connectivity index (χ2n) is 3.30. The molecule has 0 aromatic heterocycles. The van der Waals surface area contributed by atoms with Crippen molar-refractivity contribution < 1.29 is 15.3 Å². The SMILES string of the molecule is O[C@@H]1[C@@H](O)[C@H]2SCCN2C[C@H]1O. The van der Waals surface area contributed by atoms with Gasteiger partial charge in [0.2, 0.25) is 0 Å². The molecule has 3 N–H and O–H groups in total. The summed E-state index contributed by atoms with van der Waals surface area (Å²) < 4.78 is 0. The maximum Gasteiger partial charge on any atom is 0.109 e. The molecule has 0 amide bonds. The molecule has 2 saturated heterocycles. The third kappa shape index (κ3) is 1.25. The van der Waals surface area contributed by atoms with E-state index < -0.39 is 18.3 Å². The van der Waals surface area contributed by atoms with Crippen molar-refractivity contribution in [2.24, 2.45) is 0 Å². The summed E-state index contributed by atoms with van der Waals surface area (Å²) in [5.74, 6) is 0.973. The number of aliphatic hydroxyl groups is 3. The van der Waals surface area contributed by atoms with Gasteiger partial charge < -0.3 is 15.3 Å². The van der Waals surface area contributed by atoms with E-state index in [0.717, 1.165) is 12.3 Å². The fourth-order valence-corrected chi connectivity index (χ4v) is 3.12. The lowest BCUT2D eigenvalue weighted by Gasteiger charge is -2.39. The number of aliphatic hydroxyl groups excluding tert-OH is 3. The van der Waals surface area contributed by atoms with Crippen molar-refractivity contribution in [2.75, 3.05) is 18.8 Å². The van der Waals surface area contributed by atoms with Gasteiger partial charge in [-0.2, -0.15) is 0 Å². The first-order chi connectivity index (χ1) is 5.70. The first-order valence-electron chi connectivity index (χ1n) is 4.10. The molecule has 0 radical (unpaired) electrons. The van der Waals surface area contributed by atoms with Gasteiger partial charge in [-0.25, -0.2) is 0 Å². The second-order valence-corrected chi connectivity index (χ2v) is 4.53. The highest BCUT2D eigenvalue weighted by Crippen LogP contribution is 2.32. The van der Waals surface area contributed by atoms with Crippen molar-refractivity contribution in [2.45, 2.75) is 23.7 Å². The average molecular weight is 191 g/mol. The van der Waals surface area contributed by atoms with Gasteiger partial charge >= 0.3 is 0 Å². The van der Waals surface area contributed by atoms with Crippen LogP contribution in [-0.2, 0) is 0 Å². The van der Waals surface area contributed by atoms with E-state index in [2.05, 4.69) is 0 Å². The normalized spacial score (nSPS) is 49.2. The molecule has 0 aliphatic carbocycles. The molecule has 0 spiro atoms. The van der Waals surface area contributed by atoms with Gasteiger partial charge in [-0.15, -0.1) is 11.8 Å². The predicted octanol–water partition coefficient (Wildman–Crippen LogP) is -1.54. The fraction of sp³-hybridized carbons (Fsp3) is 1.00. The molecule has 2 heterocycles. The minimum atomic E-state index is -0.975. The van der Waals surface area contributed by atoms with Crippen LogP contribution in [0.4, 0.5) is 0 Å². The third-order valence-electron chi connectivity index (χ3n) is 2.48. The van der Waals surface area contributed by atoms with Crippen molar-refractivity contribution in [3.8, 4) is 0 Å². The van der Waals surface area contributed by atoms with Gasteiger partial charge in [-0.3, -0.25) is 4.90 Å². The number of hydrogen-bond acceptors (Lipinski definition) is 5. The van der Waals surface area contributed by atoms with E-state index >= 15 is 0 Å². The highest BCUT2D eigenvalue weighted by Gasteiger charge is 2.43. The van der Waals surface area contributed by atoms with E-state index in [1.807, 2.05) is 4.90 Å². The van der Waals surface area contributed by atoms with Gasteiger partial charge in [0.25, 0.3) is 0 Å². The Morgan fingerprint density at radius 1 is 1.17 bits per heavy atom. The molecule has 0 aromatic carbocycles. The monoisotopic (exact) mass is 191 g/mol. The van der Waals surface area contributed by atoms with Crippen LogP contribution in [-0.4, -0.2) is 62.7 Å². The molecular weight excluding hydrogens is 178 g/mol. The molecule has 4 nitrogen and oxygen atoms in total. The van der Waals surface area contributed by atoms with Crippen molar-refractivity contribution in [3.05, 3.63) is 0 Å². The number of nitrogens with zero attached hydrogens (tertiary/aromatic N) is 1. The largest absolute Gasteiger partial charge is 0.389 e. The van der Waals surface area contributed by atoms with Gasteiger partial charge in [-0.05, 0) is 0 Å². The molecule has 4 atom stereocenters. The smallest absolute Gasteiger partial charge is 0.109 e. The summed E-state index contributed by atoms with van der Waals surface area (Å²) in [5, 5.41) is 28.2. The van der Waals surface area contributed by atoms with E-state index in [0.29, 0.717) is 6.54 Å². The lowest BCUT2D eigenvalue weighted by molar-refractivity contribution is -0.114. The van der Waals surface area contributed by atoms with E-state index in [9.17, 15) is 15.3 Å². The summed E-state index contributed by atoms with van der Waals surface area (Å²) >= 11 is 1.64. The molecule has 2 fully saturated rings. The lowest BCUT2D eigenvalue weighted by atomic mass is 10.0. The highest BCUT2D eigenvalue weighted by molar-refractivity contribution is 8.00. The standard InChI is InChI=1S/C7H13NO3S/c9-4-3-8-1-2-12-7(8)6(11)5(4)10/h4-7,9-11H,1-3H2/t4-,5+,6-,7-/m1/s1. The van der Waals surface area contributed by atoms with Gasteiger partial charge in [0, 0.05) is 18.8 Å². The van der Waals surface area contributed by atoms with Gasteiger partial charge in [0.05, 0.1) is 11.5 Å². The van der Waals surface area contributed by atoms with Gasteiger partial charge in [0.15, 0.2) is 0 Å². The Hall–Kier alpha value is 0.190. The fourth-order valence-electron chi connectivity index (χ4n) is 1.78. The molecule has 0 unspecified atom stereocenters. The van der Waals surface area contributed by atoms with Crippen LogP contribution in [0.1, 0.15) is 0 Å². The summed E-state index contributed by atoms with van der Waals surface area (Å²) in [6, 6.07) is 0. The summed E-state index contributed by atoms with van der Waals surface area (Å²) in [6.07, 6.45) is -2.58. The van der Waals surface area contributed by atoms with Crippen LogP contribution in [0.15, 0.2) is 0 Å². The third-order valence-corrected chi connectivity index (χ3v) is 3.82. The molecule has 0 aromatic rings. The zero-order valence-electron chi connectivity index (χ0n) is 6.63. The zero-order chi connectivity index (χ0) is 8.72. The van der Waals surface area contributed by atoms with E-state index in [-0.39, 0.29) is 5.37 Å². The Morgan fingerprint density at radius 2 is 1.92 bits per heavy atom. The van der Waals surface area contributed by atoms with Crippen LogP contribution in [0.5, 0.6) is 0 Å². The van der Waals surface area contributed by atoms with Crippen LogP contribution in [0, 0.1) is 0 Å². The second kappa shape index (κ2) is 3.16. The van der Waals surface area contributed by atoms with E-state index in [4.69, 9.17) is 0 Å². The summed E-state index contributed by atoms with van der Waals surface area (Å²) in [5.41, 5.74) is 0. The number of piperidine rings is 1. The van der Waals surface area contributed by atoms with Crippen molar-refractivity contribution in [3.63, 3.8) is 0 Å². The number of rotatable bonds is 0. The zero-order valence-corrected chi connectivity index (χ0v) is 7.44. The van der Waals surface area contributed by atoms with Gasteiger partial charge in [-0.1, -0.05) is 0 Å². The van der Waals surface area contributed by atoms with Crippen LogP contribution in [0.3, 0.4) is 0 Å². The Balaban J connectivity index is 2.10. The molecule has 2 rings (SSSR count). The maximum atomic E-state index is 9.55. The summed E-state index contributed by atoms with van der Waals surface area (Å²) in [7, 11) is 0. The lowest BCUT2D eigenvalue weighted by Crippen LogP contribution is -2.58.